The molecule has 94 valence electrons. The molecule has 1 aromatic rings. The second kappa shape index (κ2) is 6.77. The van der Waals surface area contributed by atoms with Crippen molar-refractivity contribution in [3.8, 4) is 0 Å². The van der Waals surface area contributed by atoms with E-state index in [1.807, 2.05) is 0 Å². The van der Waals surface area contributed by atoms with Gasteiger partial charge in [-0.2, -0.15) is 0 Å². The Labute approximate surface area is 105 Å². The van der Waals surface area contributed by atoms with Crippen LogP contribution in [0.5, 0.6) is 0 Å². The summed E-state index contributed by atoms with van der Waals surface area (Å²) in [6, 6.07) is 10.9. The maximum Gasteiger partial charge on any atom is 0.0460 e. The van der Waals surface area contributed by atoms with Crippen LogP contribution in [-0.2, 0) is 0 Å². The van der Waals surface area contributed by atoms with Crippen LogP contribution in [0.2, 0.25) is 0 Å². The molecule has 0 radical (unpaired) electrons. The minimum absolute atomic E-state index is 0.318. The van der Waals surface area contributed by atoms with Crippen molar-refractivity contribution in [2.45, 2.75) is 51.0 Å². The Hall–Kier alpha value is -0.860. The Morgan fingerprint density at radius 1 is 1.12 bits per heavy atom. The summed E-state index contributed by atoms with van der Waals surface area (Å²) in [6.45, 7) is 0. The summed E-state index contributed by atoms with van der Waals surface area (Å²) in [5, 5.41) is 0. The zero-order valence-corrected chi connectivity index (χ0v) is 10.6. The highest BCUT2D eigenvalue weighted by Gasteiger charge is 2.16. The Balaban J connectivity index is 1.83. The maximum absolute atomic E-state index is 5.67. The first-order valence-corrected chi connectivity index (χ1v) is 6.91. The molecule has 1 aliphatic rings. The van der Waals surface area contributed by atoms with Gasteiger partial charge in [-0.15, -0.1) is 0 Å². The number of hydrogen-bond acceptors (Lipinski definition) is 2. The number of hydrazine groups is 1. The molecule has 0 aromatic heterocycles. The van der Waals surface area contributed by atoms with Crippen LogP contribution in [0, 0.1) is 5.92 Å². The fourth-order valence-corrected chi connectivity index (χ4v) is 2.91. The zero-order valence-electron chi connectivity index (χ0n) is 10.6. The van der Waals surface area contributed by atoms with Gasteiger partial charge in [0.25, 0.3) is 0 Å². The minimum atomic E-state index is 0.318. The summed E-state index contributed by atoms with van der Waals surface area (Å²) < 4.78 is 0. The fraction of sp³-hybridized carbons (Fsp3) is 0.600. The Morgan fingerprint density at radius 2 is 1.82 bits per heavy atom. The molecule has 17 heavy (non-hydrogen) atoms. The third-order valence-corrected chi connectivity index (χ3v) is 3.99. The van der Waals surface area contributed by atoms with E-state index in [9.17, 15) is 0 Å². The molecule has 0 amide bonds. The number of hydrogen-bond donors (Lipinski definition) is 2. The average Bonchev–Trinajstić information content (AvgIpc) is 2.42. The SMILES string of the molecule is NNC(CCC1CCCCC1)c1ccccc1. The highest BCUT2D eigenvalue weighted by atomic mass is 15.2. The molecule has 1 atom stereocenters. The van der Waals surface area contributed by atoms with Crippen molar-refractivity contribution < 1.29 is 0 Å². The second-order valence-electron chi connectivity index (χ2n) is 5.21. The molecule has 1 aliphatic carbocycles. The summed E-state index contributed by atoms with van der Waals surface area (Å²) in [5.41, 5.74) is 4.27. The highest BCUT2D eigenvalue weighted by molar-refractivity contribution is 5.18. The van der Waals surface area contributed by atoms with E-state index in [-0.39, 0.29) is 0 Å². The van der Waals surface area contributed by atoms with Crippen molar-refractivity contribution in [1.82, 2.24) is 5.43 Å². The van der Waals surface area contributed by atoms with Crippen molar-refractivity contribution in [3.63, 3.8) is 0 Å². The molecule has 0 bridgehead atoms. The van der Waals surface area contributed by atoms with Crippen molar-refractivity contribution in [3.05, 3.63) is 35.9 Å². The Kier molecular flexibility index (Phi) is 5.02. The topological polar surface area (TPSA) is 38.0 Å². The van der Waals surface area contributed by atoms with Gasteiger partial charge in [-0.1, -0.05) is 62.4 Å². The van der Waals surface area contributed by atoms with E-state index >= 15 is 0 Å². The molecule has 1 unspecified atom stereocenters. The molecule has 1 aromatic carbocycles. The van der Waals surface area contributed by atoms with Gasteiger partial charge >= 0.3 is 0 Å². The van der Waals surface area contributed by atoms with E-state index in [1.54, 1.807) is 0 Å². The van der Waals surface area contributed by atoms with Crippen LogP contribution < -0.4 is 11.3 Å². The number of benzene rings is 1. The van der Waals surface area contributed by atoms with Crippen LogP contribution in [0.15, 0.2) is 30.3 Å². The number of nitrogens with two attached hydrogens (primary N) is 1. The third-order valence-electron chi connectivity index (χ3n) is 3.99. The van der Waals surface area contributed by atoms with E-state index in [2.05, 4.69) is 35.8 Å². The third kappa shape index (κ3) is 3.83. The molecular formula is C15H24N2. The van der Waals surface area contributed by atoms with Gasteiger partial charge in [0.2, 0.25) is 0 Å². The first-order chi connectivity index (χ1) is 8.40. The Bertz CT molecular complexity index is 304. The summed E-state index contributed by atoms with van der Waals surface area (Å²) >= 11 is 0. The van der Waals surface area contributed by atoms with Crippen molar-refractivity contribution >= 4 is 0 Å². The molecule has 1 fully saturated rings. The van der Waals surface area contributed by atoms with Gasteiger partial charge < -0.3 is 0 Å². The van der Waals surface area contributed by atoms with Crippen LogP contribution >= 0.6 is 0 Å². The van der Waals surface area contributed by atoms with Gasteiger partial charge in [0.15, 0.2) is 0 Å². The van der Waals surface area contributed by atoms with Gasteiger partial charge in [0, 0.05) is 6.04 Å². The van der Waals surface area contributed by atoms with Gasteiger partial charge in [-0.25, -0.2) is 0 Å². The lowest BCUT2D eigenvalue weighted by Crippen LogP contribution is -2.28. The molecule has 2 heteroatoms. The molecule has 2 nitrogen and oxygen atoms in total. The van der Waals surface area contributed by atoms with E-state index in [0.29, 0.717) is 6.04 Å². The van der Waals surface area contributed by atoms with Crippen molar-refractivity contribution in [2.24, 2.45) is 11.8 Å². The molecule has 2 rings (SSSR count). The molecule has 0 spiro atoms. The lowest BCUT2D eigenvalue weighted by Gasteiger charge is -2.24. The van der Waals surface area contributed by atoms with Gasteiger partial charge in [0.05, 0.1) is 0 Å². The van der Waals surface area contributed by atoms with Crippen LogP contribution in [0.25, 0.3) is 0 Å². The predicted molar refractivity (Wildman–Crippen MR) is 72.3 cm³/mol. The summed E-state index contributed by atoms with van der Waals surface area (Å²) in [5.74, 6) is 6.60. The standard InChI is InChI=1S/C15H24N2/c16-17-15(14-9-5-2-6-10-14)12-11-13-7-3-1-4-8-13/h2,5-6,9-10,13,15,17H,1,3-4,7-8,11-12,16H2. The van der Waals surface area contributed by atoms with Crippen LogP contribution in [-0.4, -0.2) is 0 Å². The van der Waals surface area contributed by atoms with Gasteiger partial charge in [-0.05, 0) is 24.3 Å². The second-order valence-corrected chi connectivity index (χ2v) is 5.21. The summed E-state index contributed by atoms with van der Waals surface area (Å²) in [7, 11) is 0. The first-order valence-electron chi connectivity index (χ1n) is 6.91. The summed E-state index contributed by atoms with van der Waals surface area (Å²) in [6.07, 6.45) is 9.61. The smallest absolute Gasteiger partial charge is 0.0460 e. The number of rotatable bonds is 5. The van der Waals surface area contributed by atoms with E-state index in [1.165, 1.54) is 44.1 Å². The molecule has 1 saturated carbocycles. The van der Waals surface area contributed by atoms with E-state index in [4.69, 9.17) is 5.84 Å². The molecule has 0 aliphatic heterocycles. The lowest BCUT2D eigenvalue weighted by molar-refractivity contribution is 0.315. The summed E-state index contributed by atoms with van der Waals surface area (Å²) in [4.78, 5) is 0. The molecule has 3 N–H and O–H groups in total. The molecule has 0 heterocycles. The zero-order chi connectivity index (χ0) is 11.9. The van der Waals surface area contributed by atoms with Crippen LogP contribution in [0.1, 0.15) is 56.6 Å². The quantitative estimate of drug-likeness (QED) is 0.602. The number of nitrogens with one attached hydrogen (secondary N) is 1. The van der Waals surface area contributed by atoms with Crippen LogP contribution in [0.3, 0.4) is 0 Å². The largest absolute Gasteiger partial charge is 0.271 e. The van der Waals surface area contributed by atoms with E-state index in [0.717, 1.165) is 12.3 Å². The predicted octanol–water partition coefficient (Wildman–Crippen LogP) is 3.55. The van der Waals surface area contributed by atoms with Crippen LogP contribution in [0.4, 0.5) is 0 Å². The lowest BCUT2D eigenvalue weighted by atomic mass is 9.84. The Morgan fingerprint density at radius 3 is 2.47 bits per heavy atom. The highest BCUT2D eigenvalue weighted by Crippen LogP contribution is 2.30. The monoisotopic (exact) mass is 232 g/mol. The average molecular weight is 232 g/mol. The maximum atomic E-state index is 5.67. The molecule has 0 saturated heterocycles. The first kappa shape index (κ1) is 12.6. The molecular weight excluding hydrogens is 208 g/mol. The van der Waals surface area contributed by atoms with Crippen molar-refractivity contribution in [2.75, 3.05) is 0 Å². The van der Waals surface area contributed by atoms with Gasteiger partial charge in [0.1, 0.15) is 0 Å². The van der Waals surface area contributed by atoms with Crippen molar-refractivity contribution in [1.29, 1.82) is 0 Å². The van der Waals surface area contributed by atoms with Gasteiger partial charge in [-0.3, -0.25) is 11.3 Å². The minimum Gasteiger partial charge on any atom is -0.271 e. The normalized spacial score (nSPS) is 19.1. The van der Waals surface area contributed by atoms with E-state index < -0.39 is 0 Å². The fourth-order valence-electron chi connectivity index (χ4n) is 2.91.